The zero-order chi connectivity index (χ0) is 13.8. The fraction of sp³-hybridized carbons (Fsp3) is 0.286. The average Bonchev–Trinajstić information content (AvgIpc) is 2.74. The van der Waals surface area contributed by atoms with Crippen LogP contribution in [0.3, 0.4) is 0 Å². The predicted octanol–water partition coefficient (Wildman–Crippen LogP) is 2.91. The maximum absolute atomic E-state index is 13.5. The molecule has 0 radical (unpaired) electrons. The summed E-state index contributed by atoms with van der Waals surface area (Å²) in [5, 5.41) is 2.98. The van der Waals surface area contributed by atoms with Crippen LogP contribution >= 0.6 is 11.3 Å². The van der Waals surface area contributed by atoms with Crippen molar-refractivity contribution in [1.82, 2.24) is 9.88 Å². The highest BCUT2D eigenvalue weighted by atomic mass is 32.1. The number of carbonyl (C=O) groups is 1. The molecule has 0 atom stereocenters. The number of carbonyl (C=O) groups excluding carboxylic acids is 1. The number of thiazole rings is 1. The van der Waals surface area contributed by atoms with Crippen molar-refractivity contribution in [1.29, 1.82) is 0 Å². The number of aromatic nitrogens is 1. The van der Waals surface area contributed by atoms with Crippen LogP contribution in [-0.4, -0.2) is 29.3 Å². The molecule has 2 aromatic rings. The minimum atomic E-state index is -0.467. The molecule has 2 rings (SSSR count). The SMILES string of the molecule is Cc1nc(CN(C)CC(=O)c2ccccc2F)cs1. The van der Waals surface area contributed by atoms with Crippen molar-refractivity contribution in [3.8, 4) is 0 Å². The van der Waals surface area contributed by atoms with E-state index in [1.807, 2.05) is 24.3 Å². The molecule has 1 aromatic heterocycles. The van der Waals surface area contributed by atoms with Gasteiger partial charge in [-0.25, -0.2) is 9.37 Å². The van der Waals surface area contributed by atoms with Crippen molar-refractivity contribution < 1.29 is 9.18 Å². The summed E-state index contributed by atoms with van der Waals surface area (Å²) in [6, 6.07) is 6.06. The quantitative estimate of drug-likeness (QED) is 0.788. The predicted molar refractivity (Wildman–Crippen MR) is 73.9 cm³/mol. The lowest BCUT2D eigenvalue weighted by molar-refractivity contribution is 0.0938. The van der Waals surface area contributed by atoms with Gasteiger partial charge in [0.2, 0.25) is 0 Å². The first-order valence-corrected chi connectivity index (χ1v) is 6.81. The molecule has 0 fully saturated rings. The molecule has 1 heterocycles. The number of nitrogens with zero attached hydrogens (tertiary/aromatic N) is 2. The van der Waals surface area contributed by atoms with Crippen LogP contribution in [-0.2, 0) is 6.54 Å². The summed E-state index contributed by atoms with van der Waals surface area (Å²) in [5.41, 5.74) is 1.08. The molecule has 0 unspecified atom stereocenters. The van der Waals surface area contributed by atoms with E-state index in [0.29, 0.717) is 6.54 Å². The summed E-state index contributed by atoms with van der Waals surface area (Å²) >= 11 is 1.58. The molecule has 0 saturated carbocycles. The maximum Gasteiger partial charge on any atom is 0.179 e. The number of likely N-dealkylation sites (N-methyl/N-ethyl adjacent to an activating group) is 1. The van der Waals surface area contributed by atoms with E-state index >= 15 is 0 Å². The van der Waals surface area contributed by atoms with E-state index < -0.39 is 5.82 Å². The highest BCUT2D eigenvalue weighted by Crippen LogP contribution is 2.11. The minimum absolute atomic E-state index is 0.142. The molecule has 0 aliphatic rings. The fourth-order valence-electron chi connectivity index (χ4n) is 1.83. The first-order valence-electron chi connectivity index (χ1n) is 5.93. The molecule has 100 valence electrons. The lowest BCUT2D eigenvalue weighted by Gasteiger charge is -2.14. The fourth-order valence-corrected chi connectivity index (χ4v) is 2.43. The van der Waals surface area contributed by atoms with Gasteiger partial charge in [0.1, 0.15) is 5.82 Å². The Balaban J connectivity index is 1.97. The van der Waals surface area contributed by atoms with E-state index in [-0.39, 0.29) is 17.9 Å². The summed E-state index contributed by atoms with van der Waals surface area (Å²) in [6.07, 6.45) is 0. The Labute approximate surface area is 115 Å². The van der Waals surface area contributed by atoms with E-state index in [1.54, 1.807) is 23.5 Å². The monoisotopic (exact) mass is 278 g/mol. The molecule has 0 spiro atoms. The van der Waals surface area contributed by atoms with Gasteiger partial charge in [0.25, 0.3) is 0 Å². The van der Waals surface area contributed by atoms with Gasteiger partial charge in [0, 0.05) is 11.9 Å². The van der Waals surface area contributed by atoms with Crippen LogP contribution < -0.4 is 0 Å². The van der Waals surface area contributed by atoms with Crippen LogP contribution in [0.2, 0.25) is 0 Å². The van der Waals surface area contributed by atoms with Crippen LogP contribution in [0.5, 0.6) is 0 Å². The van der Waals surface area contributed by atoms with Crippen molar-refractivity contribution in [3.63, 3.8) is 0 Å². The molecule has 0 saturated heterocycles. The van der Waals surface area contributed by atoms with Crippen molar-refractivity contribution in [3.05, 3.63) is 51.7 Å². The van der Waals surface area contributed by atoms with Gasteiger partial charge in [0.15, 0.2) is 5.78 Å². The van der Waals surface area contributed by atoms with Crippen molar-refractivity contribution in [2.24, 2.45) is 0 Å². The van der Waals surface area contributed by atoms with Gasteiger partial charge in [-0.1, -0.05) is 12.1 Å². The summed E-state index contributed by atoms with van der Waals surface area (Å²) in [7, 11) is 1.83. The van der Waals surface area contributed by atoms with Crippen LogP contribution in [0, 0.1) is 12.7 Å². The molecule has 3 nitrogen and oxygen atoms in total. The van der Waals surface area contributed by atoms with Crippen molar-refractivity contribution in [2.75, 3.05) is 13.6 Å². The summed E-state index contributed by atoms with van der Waals surface area (Å²) in [6.45, 7) is 2.71. The normalized spacial score (nSPS) is 10.9. The zero-order valence-electron chi connectivity index (χ0n) is 10.9. The second-order valence-electron chi connectivity index (χ2n) is 4.43. The highest BCUT2D eigenvalue weighted by molar-refractivity contribution is 7.09. The molecule has 19 heavy (non-hydrogen) atoms. The lowest BCUT2D eigenvalue weighted by Crippen LogP contribution is -2.26. The number of ketones is 1. The van der Waals surface area contributed by atoms with Gasteiger partial charge in [-0.3, -0.25) is 9.69 Å². The Morgan fingerprint density at radius 3 is 2.79 bits per heavy atom. The van der Waals surface area contributed by atoms with Gasteiger partial charge >= 0.3 is 0 Å². The Bertz CT molecular complexity index is 582. The van der Waals surface area contributed by atoms with Gasteiger partial charge < -0.3 is 0 Å². The minimum Gasteiger partial charge on any atom is -0.293 e. The molecule has 0 aliphatic heterocycles. The second kappa shape index (κ2) is 6.04. The molecule has 0 aliphatic carbocycles. The molecule has 0 N–H and O–H groups in total. The van der Waals surface area contributed by atoms with Crippen LogP contribution in [0.1, 0.15) is 21.1 Å². The second-order valence-corrected chi connectivity index (χ2v) is 5.50. The molecular formula is C14H15FN2OS. The highest BCUT2D eigenvalue weighted by Gasteiger charge is 2.14. The van der Waals surface area contributed by atoms with Crippen LogP contribution in [0.25, 0.3) is 0 Å². The molecule has 5 heteroatoms. The van der Waals surface area contributed by atoms with Gasteiger partial charge in [-0.2, -0.15) is 0 Å². The number of aryl methyl sites for hydroxylation is 1. The Hall–Kier alpha value is -1.59. The standard InChI is InChI=1S/C14H15FN2OS/c1-10-16-11(9-19-10)7-17(2)8-14(18)12-5-3-4-6-13(12)15/h3-6,9H,7-8H2,1-2H3. The smallest absolute Gasteiger partial charge is 0.179 e. The van der Waals surface area contributed by atoms with Gasteiger partial charge in [0.05, 0.1) is 22.8 Å². The molecular weight excluding hydrogens is 263 g/mol. The zero-order valence-corrected chi connectivity index (χ0v) is 11.7. The number of hydrogen-bond acceptors (Lipinski definition) is 4. The molecule has 1 aromatic carbocycles. The van der Waals surface area contributed by atoms with Crippen LogP contribution in [0.15, 0.2) is 29.6 Å². The third-order valence-corrected chi connectivity index (χ3v) is 3.51. The van der Waals surface area contributed by atoms with E-state index in [9.17, 15) is 9.18 Å². The van der Waals surface area contributed by atoms with Crippen LogP contribution in [0.4, 0.5) is 4.39 Å². The number of halogens is 1. The number of hydrogen-bond donors (Lipinski definition) is 0. The third-order valence-electron chi connectivity index (χ3n) is 2.69. The largest absolute Gasteiger partial charge is 0.293 e. The number of Topliss-reactive ketones (excluding diaryl/α,β-unsaturated/α-hetero) is 1. The first kappa shape index (κ1) is 13.8. The summed E-state index contributed by atoms with van der Waals surface area (Å²) < 4.78 is 13.5. The summed E-state index contributed by atoms with van der Waals surface area (Å²) in [4.78, 5) is 18.1. The van der Waals surface area contributed by atoms with Crippen molar-refractivity contribution in [2.45, 2.75) is 13.5 Å². The number of benzene rings is 1. The van der Waals surface area contributed by atoms with E-state index in [0.717, 1.165) is 10.7 Å². The van der Waals surface area contributed by atoms with Crippen molar-refractivity contribution >= 4 is 17.1 Å². The average molecular weight is 278 g/mol. The maximum atomic E-state index is 13.5. The topological polar surface area (TPSA) is 33.2 Å². The number of rotatable bonds is 5. The molecule has 0 bridgehead atoms. The molecule has 0 amide bonds. The Morgan fingerprint density at radius 2 is 2.16 bits per heavy atom. The third kappa shape index (κ3) is 3.68. The Morgan fingerprint density at radius 1 is 1.42 bits per heavy atom. The van der Waals surface area contributed by atoms with Gasteiger partial charge in [-0.05, 0) is 26.1 Å². The Kier molecular flexibility index (Phi) is 4.39. The first-order chi connectivity index (χ1) is 9.06. The summed E-state index contributed by atoms with van der Waals surface area (Å²) in [5.74, 6) is -0.682. The van der Waals surface area contributed by atoms with E-state index in [1.165, 1.54) is 12.1 Å². The lowest BCUT2D eigenvalue weighted by atomic mass is 10.1. The van der Waals surface area contributed by atoms with E-state index in [4.69, 9.17) is 0 Å². The van der Waals surface area contributed by atoms with E-state index in [2.05, 4.69) is 4.98 Å². The van der Waals surface area contributed by atoms with Gasteiger partial charge in [-0.15, -0.1) is 11.3 Å².